The second kappa shape index (κ2) is 15.7. The smallest absolute Gasteiger partial charge is 0.386 e. The summed E-state index contributed by atoms with van der Waals surface area (Å²) in [5.74, 6) is -5.37. The molecule has 0 fully saturated rings. The Kier molecular flexibility index (Phi) is 12.4. The monoisotopic (exact) mass is 562 g/mol. The molecule has 0 bridgehead atoms. The van der Waals surface area contributed by atoms with Crippen molar-refractivity contribution in [2.24, 2.45) is 0 Å². The molecule has 214 valence electrons. The predicted octanol–water partition coefficient (Wildman–Crippen LogP) is 2.91. The normalized spacial score (nSPS) is 11.5. The van der Waals surface area contributed by atoms with Gasteiger partial charge in [0.05, 0.1) is 19.0 Å². The molecule has 40 heavy (non-hydrogen) atoms. The van der Waals surface area contributed by atoms with Gasteiger partial charge in [-0.15, -0.1) is 6.58 Å². The number of benzene rings is 2. The van der Waals surface area contributed by atoms with Gasteiger partial charge < -0.3 is 26.0 Å². The van der Waals surface area contributed by atoms with E-state index >= 15 is 0 Å². The number of rotatable bonds is 13. The van der Waals surface area contributed by atoms with Crippen molar-refractivity contribution in [1.29, 1.82) is 0 Å². The Morgan fingerprint density at radius 2 is 1.52 bits per heavy atom. The van der Waals surface area contributed by atoms with Gasteiger partial charge in [0, 0.05) is 19.5 Å². The Morgan fingerprint density at radius 3 is 2.15 bits per heavy atom. The van der Waals surface area contributed by atoms with Gasteiger partial charge in [-0.1, -0.05) is 60.7 Å². The minimum atomic E-state index is -5.36. The molecule has 0 spiro atoms. The topological polar surface area (TPSA) is 143 Å². The standard InChI is InChI=1S/C27H29F3N4O6/c1-2-14-31-26(39)32-15-6-9-22(35)33-17-23(36)34-21(16-24(37)40-25(38)27(28,29)30)20-12-10-19(11-13-20)18-7-4-3-5-8-18/h2-5,7-8,10-13,21H,1,6,9,14-17H2,(H,33,35)(H,34,36)(H2,31,32,39). The molecule has 0 aromatic heterocycles. The van der Waals surface area contributed by atoms with Gasteiger partial charge in [-0.2, -0.15) is 13.2 Å². The summed E-state index contributed by atoms with van der Waals surface area (Å²) in [4.78, 5) is 59.1. The molecule has 0 aliphatic carbocycles. The number of hydrogen-bond acceptors (Lipinski definition) is 6. The van der Waals surface area contributed by atoms with Gasteiger partial charge >= 0.3 is 24.1 Å². The Labute approximate surface area is 228 Å². The summed E-state index contributed by atoms with van der Waals surface area (Å²) in [6.07, 6.45) is -4.32. The first-order chi connectivity index (χ1) is 19.0. The van der Waals surface area contributed by atoms with Gasteiger partial charge in [-0.3, -0.25) is 14.4 Å². The zero-order chi connectivity index (χ0) is 29.5. The van der Waals surface area contributed by atoms with E-state index in [4.69, 9.17) is 0 Å². The zero-order valence-electron chi connectivity index (χ0n) is 21.4. The highest BCUT2D eigenvalue weighted by atomic mass is 19.4. The number of amides is 4. The Morgan fingerprint density at radius 1 is 0.875 bits per heavy atom. The summed E-state index contributed by atoms with van der Waals surface area (Å²) in [5, 5.41) is 9.91. The maximum atomic E-state index is 12.5. The SMILES string of the molecule is C=CCNC(=O)NCCCC(=O)NCC(=O)NC(CC(=O)OC(=O)C(F)(F)F)c1ccc(-c2ccccc2)cc1. The molecule has 0 saturated carbocycles. The van der Waals surface area contributed by atoms with Crippen LogP contribution in [0.25, 0.3) is 11.1 Å². The number of esters is 2. The van der Waals surface area contributed by atoms with Crippen LogP contribution >= 0.6 is 0 Å². The summed E-state index contributed by atoms with van der Waals surface area (Å²) in [6.45, 7) is 3.48. The Hall–Kier alpha value is -4.68. The van der Waals surface area contributed by atoms with Crippen LogP contribution in [0.1, 0.15) is 30.9 Å². The van der Waals surface area contributed by atoms with E-state index in [2.05, 4.69) is 32.6 Å². The molecular weight excluding hydrogens is 533 g/mol. The van der Waals surface area contributed by atoms with E-state index in [9.17, 15) is 37.1 Å². The fourth-order valence-corrected chi connectivity index (χ4v) is 3.35. The highest BCUT2D eigenvalue weighted by molar-refractivity contribution is 5.89. The molecule has 2 rings (SSSR count). The van der Waals surface area contributed by atoms with Crippen molar-refractivity contribution in [2.75, 3.05) is 19.6 Å². The molecule has 1 atom stereocenters. The average Bonchev–Trinajstić information content (AvgIpc) is 2.92. The Balaban J connectivity index is 1.97. The second-order valence-corrected chi connectivity index (χ2v) is 8.38. The maximum Gasteiger partial charge on any atom is 0.491 e. The van der Waals surface area contributed by atoms with E-state index in [0.717, 1.165) is 11.1 Å². The molecule has 10 nitrogen and oxygen atoms in total. The number of hydrogen-bond donors (Lipinski definition) is 4. The third-order valence-corrected chi connectivity index (χ3v) is 5.28. The molecule has 4 amide bonds. The number of carbonyl (C=O) groups is 5. The molecule has 2 aromatic rings. The van der Waals surface area contributed by atoms with Crippen LogP contribution in [0, 0.1) is 0 Å². The number of halogens is 3. The Bertz CT molecular complexity index is 1190. The first-order valence-corrected chi connectivity index (χ1v) is 12.2. The number of carbonyl (C=O) groups excluding carboxylic acids is 5. The maximum absolute atomic E-state index is 12.5. The molecule has 0 aliphatic rings. The second-order valence-electron chi connectivity index (χ2n) is 8.38. The number of alkyl halides is 3. The van der Waals surface area contributed by atoms with Gasteiger partial charge in [0.25, 0.3) is 0 Å². The first-order valence-electron chi connectivity index (χ1n) is 12.2. The van der Waals surface area contributed by atoms with E-state index in [0.29, 0.717) is 12.0 Å². The zero-order valence-corrected chi connectivity index (χ0v) is 21.4. The van der Waals surface area contributed by atoms with Gasteiger partial charge in [-0.05, 0) is 23.1 Å². The lowest BCUT2D eigenvalue weighted by molar-refractivity contribution is -0.202. The molecule has 0 aliphatic heterocycles. The summed E-state index contributed by atoms with van der Waals surface area (Å²) >= 11 is 0. The molecule has 0 heterocycles. The van der Waals surface area contributed by atoms with Crippen LogP contribution in [0.5, 0.6) is 0 Å². The van der Waals surface area contributed by atoms with Crippen LogP contribution < -0.4 is 21.3 Å². The van der Waals surface area contributed by atoms with Crippen LogP contribution in [0.2, 0.25) is 0 Å². The third-order valence-electron chi connectivity index (χ3n) is 5.28. The van der Waals surface area contributed by atoms with Crippen molar-refractivity contribution >= 4 is 29.8 Å². The summed E-state index contributed by atoms with van der Waals surface area (Å²) in [5.41, 5.74) is 2.06. The van der Waals surface area contributed by atoms with Crippen molar-refractivity contribution in [1.82, 2.24) is 21.3 Å². The molecule has 0 radical (unpaired) electrons. The van der Waals surface area contributed by atoms with Crippen molar-refractivity contribution in [2.45, 2.75) is 31.5 Å². The van der Waals surface area contributed by atoms with Gasteiger partial charge in [0.15, 0.2) is 0 Å². The number of ether oxygens (including phenoxy) is 1. The fraction of sp³-hybridized carbons (Fsp3) is 0.296. The molecule has 1 unspecified atom stereocenters. The average molecular weight is 563 g/mol. The lowest BCUT2D eigenvalue weighted by atomic mass is 9.99. The number of nitrogens with one attached hydrogen (secondary N) is 4. The molecule has 2 aromatic carbocycles. The quantitative estimate of drug-likeness (QED) is 0.128. The fourth-order valence-electron chi connectivity index (χ4n) is 3.35. The lowest BCUT2D eigenvalue weighted by Gasteiger charge is -2.19. The van der Waals surface area contributed by atoms with E-state index in [1.807, 2.05) is 30.3 Å². The van der Waals surface area contributed by atoms with E-state index < -0.39 is 55.0 Å². The minimum absolute atomic E-state index is 0.00523. The van der Waals surface area contributed by atoms with Crippen LogP contribution in [-0.2, 0) is 23.9 Å². The largest absolute Gasteiger partial charge is 0.491 e. The predicted molar refractivity (Wildman–Crippen MR) is 138 cm³/mol. The van der Waals surface area contributed by atoms with Crippen molar-refractivity contribution < 1.29 is 41.9 Å². The molecular formula is C27H29F3N4O6. The summed E-state index contributed by atoms with van der Waals surface area (Å²) in [7, 11) is 0. The van der Waals surface area contributed by atoms with Crippen LogP contribution in [0.3, 0.4) is 0 Å². The van der Waals surface area contributed by atoms with Crippen molar-refractivity contribution in [3.05, 3.63) is 72.8 Å². The van der Waals surface area contributed by atoms with Crippen molar-refractivity contribution in [3.8, 4) is 11.1 Å². The summed E-state index contributed by atoms with van der Waals surface area (Å²) in [6, 6.07) is 14.2. The third kappa shape index (κ3) is 11.4. The summed E-state index contributed by atoms with van der Waals surface area (Å²) < 4.78 is 41.4. The van der Waals surface area contributed by atoms with E-state index in [-0.39, 0.29) is 19.5 Å². The van der Waals surface area contributed by atoms with Gasteiger partial charge in [0.2, 0.25) is 11.8 Å². The first kappa shape index (κ1) is 31.5. The van der Waals surface area contributed by atoms with Crippen LogP contribution in [0.4, 0.5) is 18.0 Å². The number of urea groups is 1. The van der Waals surface area contributed by atoms with Crippen LogP contribution in [-0.4, -0.2) is 55.6 Å². The molecule has 13 heteroatoms. The molecule has 4 N–H and O–H groups in total. The minimum Gasteiger partial charge on any atom is -0.386 e. The highest BCUT2D eigenvalue weighted by Crippen LogP contribution is 2.24. The highest BCUT2D eigenvalue weighted by Gasteiger charge is 2.42. The van der Waals surface area contributed by atoms with Crippen LogP contribution in [0.15, 0.2) is 67.3 Å². The molecule has 0 saturated heterocycles. The van der Waals surface area contributed by atoms with Crippen molar-refractivity contribution in [3.63, 3.8) is 0 Å². The lowest BCUT2D eigenvalue weighted by Crippen LogP contribution is -2.40. The van der Waals surface area contributed by atoms with E-state index in [1.165, 1.54) is 6.08 Å². The van der Waals surface area contributed by atoms with Gasteiger partial charge in [0.1, 0.15) is 0 Å². The van der Waals surface area contributed by atoms with E-state index in [1.54, 1.807) is 24.3 Å². The van der Waals surface area contributed by atoms with Gasteiger partial charge in [-0.25, -0.2) is 9.59 Å².